The Balaban J connectivity index is -0.0000000133. The van der Waals surface area contributed by atoms with Gasteiger partial charge >= 0.3 is 23.1 Å². The van der Waals surface area contributed by atoms with Crippen molar-refractivity contribution in [1.82, 2.24) is 0 Å². The van der Waals surface area contributed by atoms with E-state index in [1.807, 2.05) is 0 Å². The summed E-state index contributed by atoms with van der Waals surface area (Å²) in [4.78, 5) is 0. The van der Waals surface area contributed by atoms with Gasteiger partial charge in [-0.05, 0) is 0 Å². The molecule has 0 aliphatic rings. The van der Waals surface area contributed by atoms with Crippen molar-refractivity contribution in [2.45, 2.75) is 0 Å². The first kappa shape index (κ1) is 33.0. The Labute approximate surface area is 68.7 Å². The van der Waals surface area contributed by atoms with Gasteiger partial charge in [-0.1, -0.05) is 0 Å². The molecule has 0 spiro atoms. The van der Waals surface area contributed by atoms with Gasteiger partial charge in [0.15, 0.2) is 0 Å². The standard InChI is InChI=1S/ClHO4.Mg.3H2O/c2-1(3,4)5;;;;/h(H,2,3,4,5);;3*1H2/q;+2;;;/p-1. The number of hydrogen-bond donors (Lipinski definition) is 0. The molecule has 0 fully saturated rings. The second-order valence-corrected chi connectivity index (χ2v) is 1.13. The summed E-state index contributed by atoms with van der Waals surface area (Å²) in [6, 6.07) is 0. The van der Waals surface area contributed by atoms with Crippen LogP contribution in [0.1, 0.15) is 0 Å². The van der Waals surface area contributed by atoms with Crippen LogP contribution in [0.15, 0.2) is 0 Å². The quantitative estimate of drug-likeness (QED) is 0.333. The molecule has 0 atom stereocenters. The SMILES string of the molecule is O.O.O.[Mg+2].[O-][Cl+3]([O-])([O-])[O-]. The Morgan fingerprint density at radius 3 is 0.667 bits per heavy atom. The molecule has 0 heterocycles. The second kappa shape index (κ2) is 11.6. The topological polar surface area (TPSA) is 187 Å². The zero-order chi connectivity index (χ0) is 4.50. The molecule has 0 amide bonds. The van der Waals surface area contributed by atoms with Gasteiger partial charge in [-0.3, -0.25) is 0 Å². The van der Waals surface area contributed by atoms with E-state index in [9.17, 15) is 0 Å². The van der Waals surface area contributed by atoms with Gasteiger partial charge in [0.2, 0.25) is 0 Å². The van der Waals surface area contributed by atoms with E-state index in [-0.39, 0.29) is 39.5 Å². The van der Waals surface area contributed by atoms with Gasteiger partial charge in [-0.15, -0.1) is 10.2 Å². The number of hydrogen-bond acceptors (Lipinski definition) is 4. The van der Waals surface area contributed by atoms with E-state index in [2.05, 4.69) is 0 Å². The third-order valence-electron chi connectivity index (χ3n) is 0. The fourth-order valence-corrected chi connectivity index (χ4v) is 0. The van der Waals surface area contributed by atoms with E-state index >= 15 is 0 Å². The van der Waals surface area contributed by atoms with E-state index in [1.54, 1.807) is 0 Å². The predicted octanol–water partition coefficient (Wildman–Crippen LogP) is -7.61. The van der Waals surface area contributed by atoms with Crippen molar-refractivity contribution in [3.8, 4) is 0 Å². The molecule has 7 nitrogen and oxygen atoms in total. The number of halogens is 1. The molecule has 6 N–H and O–H groups in total. The van der Waals surface area contributed by atoms with Gasteiger partial charge < -0.3 is 16.4 Å². The first-order valence-electron chi connectivity index (χ1n) is 0.617. The minimum absolute atomic E-state index is 0. The van der Waals surface area contributed by atoms with Crippen LogP contribution in [0.4, 0.5) is 0 Å². The maximum atomic E-state index is 8.49. The van der Waals surface area contributed by atoms with E-state index in [1.165, 1.54) is 0 Å². The van der Waals surface area contributed by atoms with Crippen LogP contribution in [-0.4, -0.2) is 39.5 Å². The van der Waals surface area contributed by atoms with Crippen LogP contribution < -0.4 is 18.6 Å². The Morgan fingerprint density at radius 1 is 0.667 bits per heavy atom. The molecule has 0 aromatic rings. The van der Waals surface area contributed by atoms with Gasteiger partial charge in [-0.25, -0.2) is 18.6 Å². The molecule has 0 aromatic carbocycles. The Morgan fingerprint density at radius 2 is 0.667 bits per heavy atom. The van der Waals surface area contributed by atoms with E-state index in [0.717, 1.165) is 0 Å². The summed E-state index contributed by atoms with van der Waals surface area (Å²) in [5, 5.41) is 0. The van der Waals surface area contributed by atoms with Gasteiger partial charge in [0.05, 0.1) is 0 Å². The van der Waals surface area contributed by atoms with Crippen molar-refractivity contribution in [3.05, 3.63) is 0 Å². The van der Waals surface area contributed by atoms with Crippen LogP contribution >= 0.6 is 0 Å². The molecule has 0 rings (SSSR count). The molecule has 0 saturated heterocycles. The summed E-state index contributed by atoms with van der Waals surface area (Å²) in [6.07, 6.45) is 0. The van der Waals surface area contributed by atoms with Crippen LogP contribution in [0.25, 0.3) is 0 Å². The molecule has 0 bridgehead atoms. The van der Waals surface area contributed by atoms with Crippen molar-refractivity contribution in [2.24, 2.45) is 0 Å². The molecule has 0 unspecified atom stereocenters. The Hall–Kier alpha value is 0.776. The molecular formula is H6ClMgO7+. The molecule has 0 saturated carbocycles. The average molecular weight is 178 g/mol. The Kier molecular flexibility index (Phi) is 42.4. The molecule has 9 heavy (non-hydrogen) atoms. The summed E-state index contributed by atoms with van der Waals surface area (Å²) in [5.41, 5.74) is 0. The van der Waals surface area contributed by atoms with Crippen LogP contribution in [0, 0.1) is 10.2 Å². The third kappa shape index (κ3) is 669. The van der Waals surface area contributed by atoms with Crippen molar-refractivity contribution in [1.29, 1.82) is 0 Å². The molecular weight excluding hydrogens is 172 g/mol. The fraction of sp³-hybridized carbons (Fsp3) is 0. The summed E-state index contributed by atoms with van der Waals surface area (Å²) >= 11 is 0. The minimum atomic E-state index is -4.94. The zero-order valence-corrected chi connectivity index (χ0v) is 6.39. The summed E-state index contributed by atoms with van der Waals surface area (Å²) in [5.74, 6) is 0. The van der Waals surface area contributed by atoms with E-state index in [4.69, 9.17) is 18.6 Å². The smallest absolute Gasteiger partial charge is 0.412 e. The Bertz CT molecular complexity index is 24.4. The van der Waals surface area contributed by atoms with Crippen LogP contribution in [0.5, 0.6) is 0 Å². The molecule has 9 heteroatoms. The van der Waals surface area contributed by atoms with Gasteiger partial charge in [0, 0.05) is 0 Å². The molecule has 0 radical (unpaired) electrons. The fourth-order valence-electron chi connectivity index (χ4n) is 0. The second-order valence-electron chi connectivity index (χ2n) is 0.378. The van der Waals surface area contributed by atoms with Crippen LogP contribution in [0.2, 0.25) is 0 Å². The van der Waals surface area contributed by atoms with Crippen molar-refractivity contribution < 1.29 is 45.3 Å². The summed E-state index contributed by atoms with van der Waals surface area (Å²) in [6.45, 7) is 0. The van der Waals surface area contributed by atoms with Crippen molar-refractivity contribution in [2.75, 3.05) is 0 Å². The maximum absolute atomic E-state index is 8.49. The predicted molar refractivity (Wildman–Crippen MR) is 16.6 cm³/mol. The first-order chi connectivity index (χ1) is 2.00. The molecule has 0 aromatic heterocycles. The zero-order valence-electron chi connectivity index (χ0n) is 4.22. The summed E-state index contributed by atoms with van der Waals surface area (Å²) < 4.78 is 34.0. The van der Waals surface area contributed by atoms with Crippen molar-refractivity contribution >= 4 is 23.1 Å². The first-order valence-corrected chi connectivity index (χ1v) is 1.85. The maximum Gasteiger partial charge on any atom is 2.00 e. The minimum Gasteiger partial charge on any atom is -0.412 e. The largest absolute Gasteiger partial charge is 2.00 e. The monoisotopic (exact) mass is 177 g/mol. The van der Waals surface area contributed by atoms with Crippen LogP contribution in [0.3, 0.4) is 0 Å². The normalized spacial score (nSPS) is 6.67. The van der Waals surface area contributed by atoms with Crippen LogP contribution in [-0.2, 0) is 0 Å². The van der Waals surface area contributed by atoms with Gasteiger partial charge in [-0.2, -0.15) is 0 Å². The number of rotatable bonds is 0. The third-order valence-corrected chi connectivity index (χ3v) is 0. The van der Waals surface area contributed by atoms with Gasteiger partial charge in [0.25, 0.3) is 0 Å². The molecule has 56 valence electrons. The van der Waals surface area contributed by atoms with E-state index < -0.39 is 10.2 Å². The average Bonchev–Trinajstić information content (AvgIpc) is 0.722. The molecule has 0 aliphatic heterocycles. The summed E-state index contributed by atoms with van der Waals surface area (Å²) in [7, 11) is -4.94. The van der Waals surface area contributed by atoms with E-state index in [0.29, 0.717) is 0 Å². The van der Waals surface area contributed by atoms with Gasteiger partial charge in [0.1, 0.15) is 0 Å². The molecule has 0 aliphatic carbocycles. The van der Waals surface area contributed by atoms with Crippen molar-refractivity contribution in [3.63, 3.8) is 0 Å².